The molecular weight excluding hydrogens is 336 g/mol. The van der Waals surface area contributed by atoms with Crippen molar-refractivity contribution in [1.82, 2.24) is 0 Å². The third-order valence-corrected chi connectivity index (χ3v) is 5.29. The maximum atomic E-state index is 12.7. The van der Waals surface area contributed by atoms with Crippen molar-refractivity contribution in [2.24, 2.45) is 5.92 Å². The van der Waals surface area contributed by atoms with E-state index < -0.39 is 0 Å². The van der Waals surface area contributed by atoms with Crippen LogP contribution in [0.5, 0.6) is 0 Å². The molecule has 2 aromatic carbocycles. The van der Waals surface area contributed by atoms with Gasteiger partial charge in [-0.3, -0.25) is 9.59 Å². The number of carbonyl (C=O) groups excluding carboxylic acids is 2. The lowest BCUT2D eigenvalue weighted by molar-refractivity contribution is -0.122. The molecule has 1 fully saturated rings. The predicted molar refractivity (Wildman–Crippen MR) is 110 cm³/mol. The van der Waals surface area contributed by atoms with Gasteiger partial charge in [0.25, 0.3) is 0 Å². The first-order chi connectivity index (χ1) is 12.9. The Hall–Kier alpha value is -2.62. The van der Waals surface area contributed by atoms with Crippen LogP contribution in [0.3, 0.4) is 0 Å². The normalized spacial score (nSPS) is 16.9. The summed E-state index contributed by atoms with van der Waals surface area (Å²) in [5.74, 6) is -0.0805. The number of hydrogen-bond acceptors (Lipinski definition) is 2. The van der Waals surface area contributed by atoms with Gasteiger partial charge in [-0.25, -0.2) is 0 Å². The Kier molecular flexibility index (Phi) is 5.64. The minimum absolute atomic E-state index is 0.0210. The zero-order valence-electron chi connectivity index (χ0n) is 16.6. The van der Waals surface area contributed by atoms with Gasteiger partial charge in [0, 0.05) is 24.3 Å². The zero-order chi connectivity index (χ0) is 19.6. The van der Waals surface area contributed by atoms with Crippen LogP contribution in [-0.4, -0.2) is 18.4 Å². The summed E-state index contributed by atoms with van der Waals surface area (Å²) in [5, 5.41) is 2.96. The van der Waals surface area contributed by atoms with E-state index in [0.29, 0.717) is 12.5 Å². The molecule has 4 nitrogen and oxygen atoms in total. The second-order valence-corrected chi connectivity index (χ2v) is 7.61. The first kappa shape index (κ1) is 19.2. The van der Waals surface area contributed by atoms with E-state index in [4.69, 9.17) is 0 Å². The third-order valence-electron chi connectivity index (χ3n) is 5.29. The summed E-state index contributed by atoms with van der Waals surface area (Å²) >= 11 is 0. The maximum Gasteiger partial charge on any atom is 0.229 e. The van der Waals surface area contributed by atoms with Crippen molar-refractivity contribution in [2.45, 2.75) is 46.5 Å². The standard InChI is InChI=1S/C23H28N2O2/c1-5-17-9-11-19(12-10-17)24-23(27)18-13-21(26)25(14-18)22-16(4)7-6-8-20(22)15(2)3/h6-12,15,18H,5,13-14H2,1-4H3,(H,24,27). The van der Waals surface area contributed by atoms with Crippen LogP contribution in [0.2, 0.25) is 0 Å². The van der Waals surface area contributed by atoms with Crippen molar-refractivity contribution in [3.63, 3.8) is 0 Å². The molecule has 1 N–H and O–H groups in total. The Bertz CT molecular complexity index is 840. The van der Waals surface area contributed by atoms with Crippen molar-refractivity contribution in [3.05, 3.63) is 59.2 Å². The second-order valence-electron chi connectivity index (χ2n) is 7.61. The van der Waals surface area contributed by atoms with Gasteiger partial charge >= 0.3 is 0 Å². The van der Waals surface area contributed by atoms with E-state index >= 15 is 0 Å². The number of para-hydroxylation sites is 1. The minimum atomic E-state index is -0.331. The lowest BCUT2D eigenvalue weighted by Gasteiger charge is -2.24. The predicted octanol–water partition coefficient (Wildman–Crippen LogP) is 4.67. The van der Waals surface area contributed by atoms with E-state index in [1.165, 1.54) is 5.56 Å². The quantitative estimate of drug-likeness (QED) is 0.838. The van der Waals surface area contributed by atoms with E-state index in [1.807, 2.05) is 43.3 Å². The fourth-order valence-electron chi connectivity index (χ4n) is 3.68. The highest BCUT2D eigenvalue weighted by molar-refractivity contribution is 6.04. The number of anilines is 2. The summed E-state index contributed by atoms with van der Waals surface area (Å²) in [7, 11) is 0. The molecule has 0 bridgehead atoms. The molecule has 0 aliphatic carbocycles. The molecule has 2 aromatic rings. The number of nitrogens with zero attached hydrogens (tertiary/aromatic N) is 1. The van der Waals surface area contributed by atoms with E-state index in [2.05, 4.69) is 32.2 Å². The SMILES string of the molecule is CCc1ccc(NC(=O)C2CC(=O)N(c3c(C)cccc3C(C)C)C2)cc1. The molecule has 1 heterocycles. The van der Waals surface area contributed by atoms with E-state index in [0.717, 1.165) is 28.9 Å². The number of nitrogens with one attached hydrogen (secondary N) is 1. The Morgan fingerprint density at radius 1 is 1.19 bits per heavy atom. The van der Waals surface area contributed by atoms with Crippen LogP contribution in [0.15, 0.2) is 42.5 Å². The molecular formula is C23H28N2O2. The van der Waals surface area contributed by atoms with E-state index in [1.54, 1.807) is 4.90 Å². The topological polar surface area (TPSA) is 49.4 Å². The molecule has 1 atom stereocenters. The Morgan fingerprint density at radius 2 is 1.89 bits per heavy atom. The highest BCUT2D eigenvalue weighted by Gasteiger charge is 2.36. The summed E-state index contributed by atoms with van der Waals surface area (Å²) in [6, 6.07) is 14.0. The first-order valence-corrected chi connectivity index (χ1v) is 9.70. The van der Waals surface area contributed by atoms with Crippen LogP contribution >= 0.6 is 0 Å². The van der Waals surface area contributed by atoms with Gasteiger partial charge in [-0.2, -0.15) is 0 Å². The van der Waals surface area contributed by atoms with E-state index in [-0.39, 0.29) is 24.2 Å². The third kappa shape index (κ3) is 4.05. The lowest BCUT2D eigenvalue weighted by atomic mass is 9.97. The number of benzene rings is 2. The van der Waals surface area contributed by atoms with Gasteiger partial charge in [0.15, 0.2) is 0 Å². The highest BCUT2D eigenvalue weighted by atomic mass is 16.2. The molecule has 1 aliphatic heterocycles. The molecule has 2 amide bonds. The van der Waals surface area contributed by atoms with Crippen molar-refractivity contribution >= 4 is 23.2 Å². The summed E-state index contributed by atoms with van der Waals surface area (Å²) in [6.07, 6.45) is 1.22. The summed E-state index contributed by atoms with van der Waals surface area (Å²) < 4.78 is 0. The molecule has 0 saturated carbocycles. The monoisotopic (exact) mass is 364 g/mol. The number of aryl methyl sites for hydroxylation is 2. The van der Waals surface area contributed by atoms with Gasteiger partial charge in [-0.1, -0.05) is 51.1 Å². The van der Waals surface area contributed by atoms with Crippen LogP contribution in [0.4, 0.5) is 11.4 Å². The lowest BCUT2D eigenvalue weighted by Crippen LogP contribution is -2.29. The Labute approximate surface area is 161 Å². The van der Waals surface area contributed by atoms with Crippen LogP contribution < -0.4 is 10.2 Å². The van der Waals surface area contributed by atoms with Crippen LogP contribution in [-0.2, 0) is 16.0 Å². The van der Waals surface area contributed by atoms with Crippen molar-refractivity contribution in [1.29, 1.82) is 0 Å². The molecule has 0 aromatic heterocycles. The van der Waals surface area contributed by atoms with Crippen LogP contribution in [0.25, 0.3) is 0 Å². The molecule has 1 unspecified atom stereocenters. The largest absolute Gasteiger partial charge is 0.326 e. The van der Waals surface area contributed by atoms with Crippen LogP contribution in [0, 0.1) is 12.8 Å². The van der Waals surface area contributed by atoms with Crippen molar-refractivity contribution in [2.75, 3.05) is 16.8 Å². The average molecular weight is 364 g/mol. The Balaban J connectivity index is 1.76. The first-order valence-electron chi connectivity index (χ1n) is 9.70. The van der Waals surface area contributed by atoms with Gasteiger partial charge in [0.05, 0.1) is 5.92 Å². The van der Waals surface area contributed by atoms with Gasteiger partial charge in [-0.05, 0) is 48.1 Å². The van der Waals surface area contributed by atoms with Crippen molar-refractivity contribution < 1.29 is 9.59 Å². The maximum absolute atomic E-state index is 12.7. The molecule has 27 heavy (non-hydrogen) atoms. The smallest absolute Gasteiger partial charge is 0.229 e. The summed E-state index contributed by atoms with van der Waals surface area (Å²) in [4.78, 5) is 27.2. The highest BCUT2D eigenvalue weighted by Crippen LogP contribution is 2.35. The van der Waals surface area contributed by atoms with Crippen molar-refractivity contribution in [3.8, 4) is 0 Å². The van der Waals surface area contributed by atoms with Gasteiger partial charge in [-0.15, -0.1) is 0 Å². The molecule has 1 aliphatic rings. The second kappa shape index (κ2) is 7.95. The number of hydrogen-bond donors (Lipinski definition) is 1. The number of rotatable bonds is 5. The van der Waals surface area contributed by atoms with Gasteiger partial charge in [0.2, 0.25) is 11.8 Å². The summed E-state index contributed by atoms with van der Waals surface area (Å²) in [5.41, 5.74) is 5.21. The fourth-order valence-corrected chi connectivity index (χ4v) is 3.68. The molecule has 4 heteroatoms. The van der Waals surface area contributed by atoms with Gasteiger partial charge < -0.3 is 10.2 Å². The van der Waals surface area contributed by atoms with Crippen LogP contribution in [0.1, 0.15) is 49.8 Å². The molecule has 142 valence electrons. The zero-order valence-corrected chi connectivity index (χ0v) is 16.6. The number of amides is 2. The average Bonchev–Trinajstić information content (AvgIpc) is 3.03. The molecule has 0 radical (unpaired) electrons. The Morgan fingerprint density at radius 3 is 2.52 bits per heavy atom. The fraction of sp³-hybridized carbons (Fsp3) is 0.391. The van der Waals surface area contributed by atoms with E-state index in [9.17, 15) is 9.59 Å². The summed E-state index contributed by atoms with van der Waals surface area (Å²) in [6.45, 7) is 8.81. The molecule has 3 rings (SSSR count). The number of carbonyl (C=O) groups is 2. The van der Waals surface area contributed by atoms with Gasteiger partial charge in [0.1, 0.15) is 0 Å². The minimum Gasteiger partial charge on any atom is -0.326 e. The molecule has 1 saturated heterocycles. The molecule has 0 spiro atoms.